The lowest BCUT2D eigenvalue weighted by atomic mass is 10.3. The Bertz CT molecular complexity index is 689. The third kappa shape index (κ3) is 4.61. The van der Waals surface area contributed by atoms with Crippen molar-refractivity contribution in [3.05, 3.63) is 64.8 Å². The van der Waals surface area contributed by atoms with Gasteiger partial charge in [-0.05, 0) is 24.3 Å². The van der Waals surface area contributed by atoms with E-state index in [1.807, 2.05) is 0 Å². The molecule has 0 bridgehead atoms. The molecule has 0 radical (unpaired) electrons. The zero-order chi connectivity index (χ0) is 15.1. The van der Waals surface area contributed by atoms with Gasteiger partial charge in [0, 0.05) is 18.3 Å². The van der Waals surface area contributed by atoms with Crippen molar-refractivity contribution in [2.45, 2.75) is 6.54 Å². The van der Waals surface area contributed by atoms with Crippen LogP contribution < -0.4 is 10.3 Å². The third-order valence-corrected chi connectivity index (χ3v) is 2.66. The van der Waals surface area contributed by atoms with Gasteiger partial charge in [-0.1, -0.05) is 6.07 Å². The molecular formula is C15H14N2O4. The van der Waals surface area contributed by atoms with Crippen LogP contribution in [0.5, 0.6) is 5.75 Å². The standard InChI is InChI=1S/C15H14N2O4/c18-14-3-1-2-8-17(14)9-10-21-13-6-4-12(16-11-13)5-7-15(19)20/h1-8,11H,9-10H2,(H,19,20)/b7-5+. The van der Waals surface area contributed by atoms with Crippen molar-refractivity contribution in [1.29, 1.82) is 0 Å². The first kappa shape index (κ1) is 14.5. The molecule has 0 aliphatic rings. The fourth-order valence-corrected chi connectivity index (χ4v) is 1.64. The highest BCUT2D eigenvalue weighted by Crippen LogP contribution is 2.10. The molecule has 0 unspecified atom stereocenters. The lowest BCUT2D eigenvalue weighted by Crippen LogP contribution is -2.21. The Morgan fingerprint density at radius 1 is 1.33 bits per heavy atom. The summed E-state index contributed by atoms with van der Waals surface area (Å²) in [6.07, 6.45) is 5.62. The van der Waals surface area contributed by atoms with E-state index in [2.05, 4.69) is 4.98 Å². The Kier molecular flexibility index (Phi) is 4.87. The minimum absolute atomic E-state index is 0.0756. The number of carbonyl (C=O) groups is 1. The first-order chi connectivity index (χ1) is 10.1. The number of aliphatic carboxylic acids is 1. The lowest BCUT2D eigenvalue weighted by molar-refractivity contribution is -0.131. The molecule has 1 N–H and O–H groups in total. The molecule has 108 valence electrons. The maximum absolute atomic E-state index is 11.5. The number of carboxylic acid groups (broad SMARTS) is 1. The normalized spacial score (nSPS) is 10.7. The van der Waals surface area contributed by atoms with Gasteiger partial charge in [-0.15, -0.1) is 0 Å². The highest BCUT2D eigenvalue weighted by molar-refractivity contribution is 5.84. The molecule has 0 saturated heterocycles. The number of carboxylic acids is 1. The second kappa shape index (κ2) is 7.04. The van der Waals surface area contributed by atoms with Crippen LogP contribution in [0.15, 0.2) is 53.6 Å². The Morgan fingerprint density at radius 3 is 2.86 bits per heavy atom. The minimum Gasteiger partial charge on any atom is -0.490 e. The number of hydrogen-bond donors (Lipinski definition) is 1. The summed E-state index contributed by atoms with van der Waals surface area (Å²) in [5.74, 6) is -0.461. The molecule has 2 aromatic heterocycles. The molecule has 2 heterocycles. The molecule has 0 aliphatic heterocycles. The fourth-order valence-electron chi connectivity index (χ4n) is 1.64. The quantitative estimate of drug-likeness (QED) is 0.812. The Balaban J connectivity index is 1.88. The lowest BCUT2D eigenvalue weighted by Gasteiger charge is -2.07. The van der Waals surface area contributed by atoms with Gasteiger partial charge in [0.1, 0.15) is 12.4 Å². The second-order valence-electron chi connectivity index (χ2n) is 4.17. The van der Waals surface area contributed by atoms with E-state index < -0.39 is 5.97 Å². The van der Waals surface area contributed by atoms with Crippen LogP contribution in [0.25, 0.3) is 6.08 Å². The van der Waals surface area contributed by atoms with Gasteiger partial charge in [-0.3, -0.25) is 9.78 Å². The molecule has 0 amide bonds. The fraction of sp³-hybridized carbons (Fsp3) is 0.133. The summed E-state index contributed by atoms with van der Waals surface area (Å²) in [7, 11) is 0. The molecule has 2 aromatic rings. The number of rotatable bonds is 6. The first-order valence-corrected chi connectivity index (χ1v) is 6.30. The van der Waals surface area contributed by atoms with Gasteiger partial charge in [-0.2, -0.15) is 0 Å². The zero-order valence-electron chi connectivity index (χ0n) is 11.2. The Hall–Kier alpha value is -2.89. The van der Waals surface area contributed by atoms with Crippen molar-refractivity contribution in [3.8, 4) is 5.75 Å². The number of aromatic nitrogens is 2. The molecule has 0 saturated carbocycles. The van der Waals surface area contributed by atoms with E-state index in [4.69, 9.17) is 9.84 Å². The van der Waals surface area contributed by atoms with Crippen LogP contribution in [0.1, 0.15) is 5.69 Å². The monoisotopic (exact) mass is 286 g/mol. The molecule has 0 aromatic carbocycles. The third-order valence-electron chi connectivity index (χ3n) is 2.66. The SMILES string of the molecule is O=C(O)/C=C/c1ccc(OCCn2ccccc2=O)cn1. The van der Waals surface area contributed by atoms with Gasteiger partial charge in [0.2, 0.25) is 0 Å². The maximum Gasteiger partial charge on any atom is 0.328 e. The molecule has 2 rings (SSSR count). The zero-order valence-corrected chi connectivity index (χ0v) is 11.2. The smallest absolute Gasteiger partial charge is 0.328 e. The van der Waals surface area contributed by atoms with Crippen molar-refractivity contribution in [2.24, 2.45) is 0 Å². The van der Waals surface area contributed by atoms with Crippen LogP contribution in [0.3, 0.4) is 0 Å². The molecule has 0 fully saturated rings. The van der Waals surface area contributed by atoms with Crippen LogP contribution >= 0.6 is 0 Å². The number of pyridine rings is 2. The van der Waals surface area contributed by atoms with E-state index in [1.165, 1.54) is 18.3 Å². The first-order valence-electron chi connectivity index (χ1n) is 6.30. The van der Waals surface area contributed by atoms with E-state index >= 15 is 0 Å². The Labute approximate surface area is 121 Å². The topological polar surface area (TPSA) is 81.4 Å². The summed E-state index contributed by atoms with van der Waals surface area (Å²) in [5, 5.41) is 8.51. The highest BCUT2D eigenvalue weighted by atomic mass is 16.5. The Morgan fingerprint density at radius 2 is 2.19 bits per heavy atom. The molecule has 0 atom stereocenters. The van der Waals surface area contributed by atoms with Crippen molar-refractivity contribution < 1.29 is 14.6 Å². The van der Waals surface area contributed by atoms with Crippen LogP contribution in [-0.4, -0.2) is 27.2 Å². The molecule has 0 spiro atoms. The summed E-state index contributed by atoms with van der Waals surface area (Å²) < 4.78 is 7.04. The number of ether oxygens (including phenoxy) is 1. The summed E-state index contributed by atoms with van der Waals surface area (Å²) in [5.41, 5.74) is 0.456. The van der Waals surface area contributed by atoms with Gasteiger partial charge >= 0.3 is 5.97 Å². The average molecular weight is 286 g/mol. The highest BCUT2D eigenvalue weighted by Gasteiger charge is 1.97. The van der Waals surface area contributed by atoms with Crippen molar-refractivity contribution in [2.75, 3.05) is 6.61 Å². The van der Waals surface area contributed by atoms with Crippen molar-refractivity contribution in [1.82, 2.24) is 9.55 Å². The van der Waals surface area contributed by atoms with E-state index in [1.54, 1.807) is 35.0 Å². The van der Waals surface area contributed by atoms with Gasteiger partial charge in [0.25, 0.3) is 5.56 Å². The van der Waals surface area contributed by atoms with Crippen molar-refractivity contribution in [3.63, 3.8) is 0 Å². The predicted octanol–water partition coefficient (Wildman–Crippen LogP) is 1.42. The van der Waals surface area contributed by atoms with E-state index in [0.717, 1.165) is 6.08 Å². The molecule has 6 heteroatoms. The van der Waals surface area contributed by atoms with Crippen LogP contribution in [0.2, 0.25) is 0 Å². The number of hydrogen-bond acceptors (Lipinski definition) is 4. The summed E-state index contributed by atoms with van der Waals surface area (Å²) in [6, 6.07) is 8.32. The van der Waals surface area contributed by atoms with E-state index in [0.29, 0.717) is 24.6 Å². The minimum atomic E-state index is -1.02. The summed E-state index contributed by atoms with van der Waals surface area (Å²) >= 11 is 0. The van der Waals surface area contributed by atoms with Crippen molar-refractivity contribution >= 4 is 12.0 Å². The molecule has 6 nitrogen and oxygen atoms in total. The summed E-state index contributed by atoms with van der Waals surface area (Å²) in [4.78, 5) is 25.9. The number of nitrogens with zero attached hydrogens (tertiary/aromatic N) is 2. The second-order valence-corrected chi connectivity index (χ2v) is 4.17. The van der Waals surface area contributed by atoms with Crippen LogP contribution in [-0.2, 0) is 11.3 Å². The van der Waals surface area contributed by atoms with Crippen LogP contribution in [0, 0.1) is 0 Å². The molecule has 21 heavy (non-hydrogen) atoms. The molecule has 0 aliphatic carbocycles. The predicted molar refractivity (Wildman–Crippen MR) is 77.1 cm³/mol. The van der Waals surface area contributed by atoms with E-state index in [9.17, 15) is 9.59 Å². The van der Waals surface area contributed by atoms with E-state index in [-0.39, 0.29) is 5.56 Å². The van der Waals surface area contributed by atoms with Gasteiger partial charge < -0.3 is 14.4 Å². The summed E-state index contributed by atoms with van der Waals surface area (Å²) in [6.45, 7) is 0.788. The van der Waals surface area contributed by atoms with Crippen LogP contribution in [0.4, 0.5) is 0 Å². The maximum atomic E-state index is 11.5. The largest absolute Gasteiger partial charge is 0.490 e. The molecular weight excluding hydrogens is 272 g/mol. The average Bonchev–Trinajstić information content (AvgIpc) is 2.48. The van der Waals surface area contributed by atoms with Gasteiger partial charge in [0.15, 0.2) is 0 Å². The van der Waals surface area contributed by atoms with Gasteiger partial charge in [-0.25, -0.2) is 4.79 Å². The van der Waals surface area contributed by atoms with Gasteiger partial charge in [0.05, 0.1) is 18.4 Å².